The van der Waals surface area contributed by atoms with E-state index in [2.05, 4.69) is 5.32 Å². The zero-order valence-corrected chi connectivity index (χ0v) is 10.1. The zero-order chi connectivity index (χ0) is 12.3. The number of carbonyl (C=O) groups is 1. The molecule has 0 spiro atoms. The van der Waals surface area contributed by atoms with Crippen molar-refractivity contribution in [3.8, 4) is 0 Å². The van der Waals surface area contributed by atoms with E-state index in [-0.39, 0.29) is 11.7 Å². The molecular formula is C14H18N2O. The van der Waals surface area contributed by atoms with E-state index in [1.807, 2.05) is 31.3 Å². The van der Waals surface area contributed by atoms with Crippen LogP contribution >= 0.6 is 0 Å². The lowest BCUT2D eigenvalue weighted by Gasteiger charge is -2.23. The van der Waals surface area contributed by atoms with Gasteiger partial charge in [-0.05, 0) is 24.8 Å². The molecule has 17 heavy (non-hydrogen) atoms. The van der Waals surface area contributed by atoms with Crippen LogP contribution in [0, 0.1) is 5.92 Å². The third-order valence-corrected chi connectivity index (χ3v) is 3.40. The van der Waals surface area contributed by atoms with Crippen LogP contribution < -0.4 is 11.1 Å². The third kappa shape index (κ3) is 2.33. The normalized spacial score (nSPS) is 19.9. The lowest BCUT2D eigenvalue weighted by molar-refractivity contribution is 0.0900. The Kier molecular flexibility index (Phi) is 3.47. The summed E-state index contributed by atoms with van der Waals surface area (Å²) in [5.41, 5.74) is 8.50. The minimum atomic E-state index is 0.0622. The molecule has 0 saturated heterocycles. The molecule has 0 radical (unpaired) electrons. The molecule has 1 aliphatic rings. The fourth-order valence-corrected chi connectivity index (χ4v) is 2.37. The molecule has 2 rings (SSSR count). The lowest BCUT2D eigenvalue weighted by atomic mass is 9.80. The molecule has 0 heterocycles. The summed E-state index contributed by atoms with van der Waals surface area (Å²) in [6.07, 6.45) is 4.15. The number of rotatable bonds is 3. The largest absolute Gasteiger partial charge is 0.403 e. The van der Waals surface area contributed by atoms with Gasteiger partial charge < -0.3 is 11.1 Å². The van der Waals surface area contributed by atoms with Gasteiger partial charge in [0, 0.05) is 30.4 Å². The highest BCUT2D eigenvalue weighted by atomic mass is 16.1. The van der Waals surface area contributed by atoms with Crippen LogP contribution in [-0.2, 0) is 6.42 Å². The van der Waals surface area contributed by atoms with Crippen LogP contribution in [0.15, 0.2) is 36.2 Å². The molecule has 0 saturated carbocycles. The first-order valence-corrected chi connectivity index (χ1v) is 5.97. The number of allylic oxidation sites excluding steroid dienone is 1. The Morgan fingerprint density at radius 3 is 3.00 bits per heavy atom. The quantitative estimate of drug-likeness (QED) is 0.833. The molecule has 3 nitrogen and oxygen atoms in total. The zero-order valence-electron chi connectivity index (χ0n) is 10.1. The topological polar surface area (TPSA) is 55.1 Å². The molecule has 0 fully saturated rings. The molecule has 1 aromatic carbocycles. The maximum atomic E-state index is 12.3. The summed E-state index contributed by atoms with van der Waals surface area (Å²) in [5, 5.41) is 3.03. The first-order chi connectivity index (χ1) is 8.26. The number of nitrogens with two attached hydrogens (primary N) is 1. The highest BCUT2D eigenvalue weighted by molar-refractivity contribution is 6.00. The van der Waals surface area contributed by atoms with Crippen LogP contribution in [0.2, 0.25) is 0 Å². The Balaban J connectivity index is 2.18. The second kappa shape index (κ2) is 5.04. The maximum Gasteiger partial charge on any atom is 0.166 e. The van der Waals surface area contributed by atoms with Gasteiger partial charge in [0.1, 0.15) is 0 Å². The number of fused-ring (bicyclic) bond motifs is 1. The average molecular weight is 230 g/mol. The Hall–Kier alpha value is -1.77. The number of ketones is 1. The summed E-state index contributed by atoms with van der Waals surface area (Å²) >= 11 is 0. The molecule has 0 bridgehead atoms. The average Bonchev–Trinajstić information content (AvgIpc) is 2.38. The summed E-state index contributed by atoms with van der Waals surface area (Å²) in [7, 11) is 1.83. The molecule has 0 aromatic heterocycles. The molecule has 3 N–H and O–H groups in total. The van der Waals surface area contributed by atoms with Crippen molar-refractivity contribution in [2.45, 2.75) is 19.3 Å². The highest BCUT2D eigenvalue weighted by Gasteiger charge is 2.27. The fraction of sp³-hybridized carbons (Fsp3) is 0.357. The van der Waals surface area contributed by atoms with E-state index in [4.69, 9.17) is 5.73 Å². The number of benzene rings is 1. The van der Waals surface area contributed by atoms with E-state index < -0.39 is 0 Å². The van der Waals surface area contributed by atoms with E-state index >= 15 is 0 Å². The van der Waals surface area contributed by atoms with Crippen molar-refractivity contribution in [2.24, 2.45) is 11.7 Å². The summed E-state index contributed by atoms with van der Waals surface area (Å²) in [4.78, 5) is 12.3. The summed E-state index contributed by atoms with van der Waals surface area (Å²) in [6, 6.07) is 7.89. The van der Waals surface area contributed by atoms with Gasteiger partial charge in [-0.15, -0.1) is 0 Å². The van der Waals surface area contributed by atoms with Gasteiger partial charge in [0.25, 0.3) is 0 Å². The number of carbonyl (C=O) groups excluding carboxylic acids is 1. The standard InChI is InChI=1S/C14H18N2O/c1-16-12(9-15)8-11-7-6-10-4-2-3-5-13(10)14(11)17/h2-5,9,11,16H,6-8,15H2,1H3/b12-9-. The van der Waals surface area contributed by atoms with Gasteiger partial charge >= 0.3 is 0 Å². The van der Waals surface area contributed by atoms with Crippen LogP contribution in [0.5, 0.6) is 0 Å². The number of Topliss-reactive ketones (excluding diaryl/α,β-unsaturated/α-hetero) is 1. The summed E-state index contributed by atoms with van der Waals surface area (Å²) in [6.45, 7) is 0. The van der Waals surface area contributed by atoms with Crippen molar-refractivity contribution < 1.29 is 4.79 Å². The molecular weight excluding hydrogens is 212 g/mol. The Morgan fingerprint density at radius 2 is 2.29 bits per heavy atom. The van der Waals surface area contributed by atoms with Crippen LogP contribution in [0.25, 0.3) is 0 Å². The second-order valence-corrected chi connectivity index (χ2v) is 4.40. The molecule has 1 aliphatic carbocycles. The molecule has 0 amide bonds. The van der Waals surface area contributed by atoms with E-state index in [1.54, 1.807) is 6.20 Å². The van der Waals surface area contributed by atoms with E-state index in [0.29, 0.717) is 6.42 Å². The van der Waals surface area contributed by atoms with Crippen LogP contribution in [0.1, 0.15) is 28.8 Å². The predicted molar refractivity (Wildman–Crippen MR) is 68.5 cm³/mol. The number of hydrogen-bond donors (Lipinski definition) is 2. The van der Waals surface area contributed by atoms with E-state index in [1.165, 1.54) is 5.56 Å². The van der Waals surface area contributed by atoms with Crippen molar-refractivity contribution in [2.75, 3.05) is 7.05 Å². The Morgan fingerprint density at radius 1 is 1.53 bits per heavy atom. The second-order valence-electron chi connectivity index (χ2n) is 4.40. The van der Waals surface area contributed by atoms with Gasteiger partial charge in [0.05, 0.1) is 0 Å². The van der Waals surface area contributed by atoms with Crippen molar-refractivity contribution in [1.82, 2.24) is 5.32 Å². The van der Waals surface area contributed by atoms with Crippen molar-refractivity contribution >= 4 is 5.78 Å². The van der Waals surface area contributed by atoms with E-state index in [0.717, 1.165) is 24.1 Å². The summed E-state index contributed by atoms with van der Waals surface area (Å²) < 4.78 is 0. The predicted octanol–water partition coefficient (Wildman–Crippen LogP) is 1.84. The van der Waals surface area contributed by atoms with Crippen molar-refractivity contribution in [1.29, 1.82) is 0 Å². The van der Waals surface area contributed by atoms with Crippen LogP contribution in [0.3, 0.4) is 0 Å². The molecule has 1 unspecified atom stereocenters. The summed E-state index contributed by atoms with van der Waals surface area (Å²) in [5.74, 6) is 0.314. The van der Waals surface area contributed by atoms with Gasteiger partial charge in [0.15, 0.2) is 5.78 Å². The van der Waals surface area contributed by atoms with Gasteiger partial charge in [-0.3, -0.25) is 4.79 Å². The van der Waals surface area contributed by atoms with E-state index in [9.17, 15) is 4.79 Å². The minimum Gasteiger partial charge on any atom is -0.403 e. The van der Waals surface area contributed by atoms with Gasteiger partial charge in [-0.25, -0.2) is 0 Å². The Labute approximate surface area is 102 Å². The van der Waals surface area contributed by atoms with Crippen molar-refractivity contribution in [3.05, 3.63) is 47.3 Å². The number of hydrogen-bond acceptors (Lipinski definition) is 3. The molecule has 1 atom stereocenters. The van der Waals surface area contributed by atoms with Crippen LogP contribution in [-0.4, -0.2) is 12.8 Å². The monoisotopic (exact) mass is 230 g/mol. The minimum absolute atomic E-state index is 0.0622. The van der Waals surface area contributed by atoms with Gasteiger partial charge in [0.2, 0.25) is 0 Å². The maximum absolute atomic E-state index is 12.3. The van der Waals surface area contributed by atoms with Gasteiger partial charge in [-0.1, -0.05) is 24.3 Å². The molecule has 3 heteroatoms. The number of aryl methyl sites for hydroxylation is 1. The van der Waals surface area contributed by atoms with Crippen molar-refractivity contribution in [3.63, 3.8) is 0 Å². The molecule has 90 valence electrons. The van der Waals surface area contributed by atoms with Gasteiger partial charge in [-0.2, -0.15) is 0 Å². The fourth-order valence-electron chi connectivity index (χ4n) is 2.37. The first-order valence-electron chi connectivity index (χ1n) is 5.97. The smallest absolute Gasteiger partial charge is 0.166 e. The van der Waals surface area contributed by atoms with Crippen LogP contribution in [0.4, 0.5) is 0 Å². The SMILES string of the molecule is CN/C(=C\N)CC1CCc2ccccc2C1=O. The lowest BCUT2D eigenvalue weighted by Crippen LogP contribution is -2.25. The molecule has 1 aromatic rings. The Bertz CT molecular complexity index is 451. The third-order valence-electron chi connectivity index (χ3n) is 3.40. The highest BCUT2D eigenvalue weighted by Crippen LogP contribution is 2.28. The molecule has 0 aliphatic heterocycles. The number of nitrogens with one attached hydrogen (secondary N) is 1. The first kappa shape index (κ1) is 11.7.